The minimum atomic E-state index is -0.581. The van der Waals surface area contributed by atoms with Gasteiger partial charge in [-0.3, -0.25) is 0 Å². The van der Waals surface area contributed by atoms with Crippen molar-refractivity contribution < 1.29 is 24.1 Å². The Balaban J connectivity index is 2.30. The summed E-state index contributed by atoms with van der Waals surface area (Å²) < 4.78 is 15.9. The van der Waals surface area contributed by atoms with Gasteiger partial charge in [-0.2, -0.15) is 0 Å². The van der Waals surface area contributed by atoms with Crippen LogP contribution in [0.15, 0.2) is 30.3 Å². The number of hydrogen-bond acceptors (Lipinski definition) is 5. The zero-order valence-corrected chi connectivity index (χ0v) is 15.5. The molecule has 0 unspecified atom stereocenters. The van der Waals surface area contributed by atoms with Gasteiger partial charge in [-0.15, -0.1) is 0 Å². The number of benzene rings is 2. The third-order valence-corrected chi connectivity index (χ3v) is 3.93. The number of carbonyl (C=O) groups is 1. The lowest BCUT2D eigenvalue weighted by atomic mass is 9.87. The van der Waals surface area contributed by atoms with Gasteiger partial charge in [-0.05, 0) is 47.7 Å². The van der Waals surface area contributed by atoms with Crippen LogP contribution in [-0.4, -0.2) is 25.3 Å². The lowest BCUT2D eigenvalue weighted by Crippen LogP contribution is -2.12. The minimum Gasteiger partial charge on any atom is -0.504 e. The van der Waals surface area contributed by atoms with Crippen molar-refractivity contribution in [3.05, 3.63) is 47.0 Å². The summed E-state index contributed by atoms with van der Waals surface area (Å²) in [6, 6.07) is 8.26. The maximum absolute atomic E-state index is 12.4. The van der Waals surface area contributed by atoms with E-state index in [1.807, 2.05) is 33.8 Å². The number of ether oxygens (including phenoxy) is 3. The number of esters is 1. The lowest BCUT2D eigenvalue weighted by Gasteiger charge is -2.19. The molecule has 0 aromatic heterocycles. The predicted octanol–water partition coefficient (Wildman–Crippen LogP) is 4.23. The zero-order chi connectivity index (χ0) is 18.8. The van der Waals surface area contributed by atoms with Crippen LogP contribution in [-0.2, 0) is 5.41 Å². The topological polar surface area (TPSA) is 65.0 Å². The molecule has 0 aliphatic carbocycles. The normalized spacial score (nSPS) is 11.1. The summed E-state index contributed by atoms with van der Waals surface area (Å²) in [7, 11) is 3.04. The molecule has 0 aliphatic rings. The number of carbonyl (C=O) groups excluding carboxylic acids is 1. The molecule has 0 heterocycles. The molecule has 5 heteroatoms. The molecule has 0 saturated carbocycles. The molecular weight excluding hydrogens is 320 g/mol. The molecule has 0 aliphatic heterocycles. The van der Waals surface area contributed by atoms with Crippen molar-refractivity contribution in [3.8, 4) is 23.0 Å². The molecule has 0 spiro atoms. The smallest absolute Gasteiger partial charge is 0.343 e. The highest BCUT2D eigenvalue weighted by Crippen LogP contribution is 2.35. The molecule has 2 aromatic carbocycles. The quantitative estimate of drug-likeness (QED) is 0.664. The van der Waals surface area contributed by atoms with Crippen molar-refractivity contribution >= 4 is 5.97 Å². The third-order valence-electron chi connectivity index (χ3n) is 3.93. The molecule has 5 nitrogen and oxygen atoms in total. The van der Waals surface area contributed by atoms with Gasteiger partial charge in [-0.25, -0.2) is 4.79 Å². The second-order valence-corrected chi connectivity index (χ2v) is 6.85. The molecular formula is C20H24O5. The third kappa shape index (κ3) is 4.05. The molecule has 0 atom stereocenters. The molecule has 25 heavy (non-hydrogen) atoms. The number of rotatable bonds is 4. The molecule has 1 N–H and O–H groups in total. The Morgan fingerprint density at radius 2 is 1.68 bits per heavy atom. The van der Waals surface area contributed by atoms with Gasteiger partial charge in [0, 0.05) is 0 Å². The van der Waals surface area contributed by atoms with Crippen LogP contribution < -0.4 is 14.2 Å². The largest absolute Gasteiger partial charge is 0.504 e. The molecule has 0 saturated heterocycles. The first-order valence-electron chi connectivity index (χ1n) is 7.95. The zero-order valence-electron chi connectivity index (χ0n) is 15.5. The van der Waals surface area contributed by atoms with Gasteiger partial charge in [0.2, 0.25) is 0 Å². The fraction of sp³-hybridized carbons (Fsp3) is 0.350. The number of methoxy groups -OCH3 is 2. The summed E-state index contributed by atoms with van der Waals surface area (Å²) in [5, 5.41) is 10.2. The van der Waals surface area contributed by atoms with E-state index in [4.69, 9.17) is 14.2 Å². The number of aryl methyl sites for hydroxylation is 1. The van der Waals surface area contributed by atoms with Gasteiger partial charge < -0.3 is 19.3 Å². The Kier molecular flexibility index (Phi) is 5.26. The predicted molar refractivity (Wildman–Crippen MR) is 96.0 cm³/mol. The van der Waals surface area contributed by atoms with Crippen molar-refractivity contribution in [3.63, 3.8) is 0 Å². The van der Waals surface area contributed by atoms with Gasteiger partial charge in [0.15, 0.2) is 23.0 Å². The average Bonchev–Trinajstić information content (AvgIpc) is 2.54. The maximum Gasteiger partial charge on any atom is 0.343 e. The summed E-state index contributed by atoms with van der Waals surface area (Å²) in [6.45, 7) is 7.94. The molecule has 0 radical (unpaired) electrons. The molecule has 0 bridgehead atoms. The lowest BCUT2D eigenvalue weighted by molar-refractivity contribution is 0.0729. The minimum absolute atomic E-state index is 0.0713. The molecule has 2 aromatic rings. The van der Waals surface area contributed by atoms with Crippen molar-refractivity contribution in [2.45, 2.75) is 33.1 Å². The van der Waals surface area contributed by atoms with E-state index in [1.54, 1.807) is 24.3 Å². The fourth-order valence-corrected chi connectivity index (χ4v) is 2.50. The summed E-state index contributed by atoms with van der Waals surface area (Å²) in [6.07, 6.45) is 0. The first-order chi connectivity index (χ1) is 11.7. The maximum atomic E-state index is 12.4. The van der Waals surface area contributed by atoms with Crippen molar-refractivity contribution in [1.29, 1.82) is 0 Å². The SMILES string of the molecule is COc1cc(C(=O)Oc2ccc(C(C)(C)C)cc2O)cc(C)c1OC. The van der Waals surface area contributed by atoms with Gasteiger partial charge in [0.05, 0.1) is 19.8 Å². The highest BCUT2D eigenvalue weighted by Gasteiger charge is 2.19. The van der Waals surface area contributed by atoms with E-state index in [0.717, 1.165) is 11.1 Å². The highest BCUT2D eigenvalue weighted by molar-refractivity contribution is 5.92. The average molecular weight is 344 g/mol. The molecule has 0 fully saturated rings. The van der Waals surface area contributed by atoms with Crippen LogP contribution in [0.25, 0.3) is 0 Å². The van der Waals surface area contributed by atoms with E-state index < -0.39 is 5.97 Å². The first-order valence-corrected chi connectivity index (χ1v) is 7.95. The molecule has 134 valence electrons. The van der Waals surface area contributed by atoms with Crippen LogP contribution in [0.4, 0.5) is 0 Å². The van der Waals surface area contributed by atoms with Crippen molar-refractivity contribution in [2.75, 3.05) is 14.2 Å². The second kappa shape index (κ2) is 7.05. The standard InChI is InChI=1S/C20H24O5/c1-12-9-13(10-17(23-5)18(12)24-6)19(22)25-16-8-7-14(11-15(16)21)20(2,3)4/h7-11,21H,1-6H3. The summed E-state index contributed by atoms with van der Waals surface area (Å²) >= 11 is 0. The first kappa shape index (κ1) is 18.6. The Labute approximate surface area is 148 Å². The Morgan fingerprint density at radius 1 is 1.00 bits per heavy atom. The van der Waals surface area contributed by atoms with Crippen molar-refractivity contribution in [1.82, 2.24) is 0 Å². The Bertz CT molecular complexity index is 787. The molecule has 0 amide bonds. The summed E-state index contributed by atoms with van der Waals surface area (Å²) in [4.78, 5) is 12.4. The number of phenolic OH excluding ortho intramolecular Hbond substituents is 1. The van der Waals surface area contributed by atoms with Gasteiger partial charge in [0.1, 0.15) is 0 Å². The highest BCUT2D eigenvalue weighted by atomic mass is 16.5. The van der Waals surface area contributed by atoms with E-state index in [-0.39, 0.29) is 16.9 Å². The van der Waals surface area contributed by atoms with Gasteiger partial charge in [-0.1, -0.05) is 26.8 Å². The van der Waals surface area contributed by atoms with Crippen LogP contribution in [0, 0.1) is 6.92 Å². The second-order valence-electron chi connectivity index (χ2n) is 6.85. The van der Waals surface area contributed by atoms with Crippen molar-refractivity contribution in [2.24, 2.45) is 0 Å². The fourth-order valence-electron chi connectivity index (χ4n) is 2.50. The van der Waals surface area contributed by atoms with Crippen LogP contribution in [0.3, 0.4) is 0 Å². The van der Waals surface area contributed by atoms with E-state index in [2.05, 4.69) is 0 Å². The Morgan fingerprint density at radius 3 is 2.20 bits per heavy atom. The number of phenols is 1. The Hall–Kier alpha value is -2.69. The van der Waals surface area contributed by atoms with Crippen LogP contribution in [0.1, 0.15) is 42.3 Å². The summed E-state index contributed by atoms with van der Waals surface area (Å²) in [5.74, 6) is 0.476. The van der Waals surface area contributed by atoms with Gasteiger partial charge >= 0.3 is 5.97 Å². The van der Waals surface area contributed by atoms with E-state index in [9.17, 15) is 9.90 Å². The van der Waals surface area contributed by atoms with E-state index >= 15 is 0 Å². The van der Waals surface area contributed by atoms with E-state index in [0.29, 0.717) is 17.1 Å². The van der Waals surface area contributed by atoms with Crippen LogP contribution >= 0.6 is 0 Å². The summed E-state index contributed by atoms with van der Waals surface area (Å²) in [5.41, 5.74) is 1.91. The van der Waals surface area contributed by atoms with Crippen LogP contribution in [0.2, 0.25) is 0 Å². The number of hydrogen-bond donors (Lipinski definition) is 1. The van der Waals surface area contributed by atoms with E-state index in [1.165, 1.54) is 14.2 Å². The molecule has 2 rings (SSSR count). The monoisotopic (exact) mass is 344 g/mol. The van der Waals surface area contributed by atoms with Crippen LogP contribution in [0.5, 0.6) is 23.0 Å². The number of aromatic hydroxyl groups is 1. The van der Waals surface area contributed by atoms with Gasteiger partial charge in [0.25, 0.3) is 0 Å².